The summed E-state index contributed by atoms with van der Waals surface area (Å²) in [7, 11) is 2.14. The van der Waals surface area contributed by atoms with Gasteiger partial charge in [-0.3, -0.25) is 14.6 Å². The summed E-state index contributed by atoms with van der Waals surface area (Å²) in [5.74, 6) is 1.02. The molecule has 1 saturated carbocycles. The standard InChI is InChI=1S/C23H31FN6O/c1-28-14-20-26-27-21(22(31)25-19-5-3-2-4-6-19)30(20)16-23(28)11-12-29(15-23)13-17-7-9-18(24)10-8-17/h7-10,19H,2-6,11-16H2,1H3,(H,25,31)/t23-/m0/s1. The number of fused-ring (bicyclic) bond motifs is 1. The molecule has 1 aromatic heterocycles. The zero-order chi connectivity index (χ0) is 21.4. The summed E-state index contributed by atoms with van der Waals surface area (Å²) < 4.78 is 15.3. The molecule has 2 aromatic rings. The van der Waals surface area contributed by atoms with Crippen molar-refractivity contribution in [1.82, 2.24) is 29.9 Å². The molecule has 7 nitrogen and oxygen atoms in total. The van der Waals surface area contributed by atoms with Crippen LogP contribution < -0.4 is 5.32 Å². The van der Waals surface area contributed by atoms with Crippen molar-refractivity contribution in [2.24, 2.45) is 0 Å². The third-order valence-corrected chi connectivity index (χ3v) is 7.34. The van der Waals surface area contributed by atoms with Gasteiger partial charge in [-0.05, 0) is 44.0 Å². The van der Waals surface area contributed by atoms with Gasteiger partial charge in [0.1, 0.15) is 11.6 Å². The van der Waals surface area contributed by atoms with Crippen LogP contribution in [-0.2, 0) is 19.6 Å². The highest BCUT2D eigenvalue weighted by molar-refractivity contribution is 5.91. The van der Waals surface area contributed by atoms with Crippen molar-refractivity contribution in [2.45, 2.75) is 69.7 Å². The van der Waals surface area contributed by atoms with Gasteiger partial charge in [0.25, 0.3) is 5.91 Å². The molecule has 1 spiro atoms. The van der Waals surface area contributed by atoms with Crippen molar-refractivity contribution < 1.29 is 9.18 Å². The highest BCUT2D eigenvalue weighted by Gasteiger charge is 2.46. The monoisotopic (exact) mass is 426 g/mol. The molecule has 0 bridgehead atoms. The van der Waals surface area contributed by atoms with Crippen LogP contribution in [0, 0.1) is 5.82 Å². The van der Waals surface area contributed by atoms with E-state index in [1.807, 2.05) is 16.7 Å². The number of aromatic nitrogens is 3. The molecule has 166 valence electrons. The zero-order valence-corrected chi connectivity index (χ0v) is 18.2. The van der Waals surface area contributed by atoms with Crippen LogP contribution in [0.25, 0.3) is 0 Å². The van der Waals surface area contributed by atoms with Gasteiger partial charge >= 0.3 is 0 Å². The van der Waals surface area contributed by atoms with E-state index < -0.39 is 0 Å². The topological polar surface area (TPSA) is 66.3 Å². The number of benzene rings is 1. The van der Waals surface area contributed by atoms with Crippen molar-refractivity contribution in [3.05, 3.63) is 47.3 Å². The maximum absolute atomic E-state index is 13.2. The maximum Gasteiger partial charge on any atom is 0.289 e. The number of nitrogens with one attached hydrogen (secondary N) is 1. The molecule has 0 unspecified atom stereocenters. The first-order chi connectivity index (χ1) is 15.0. The molecule has 2 fully saturated rings. The third-order valence-electron chi connectivity index (χ3n) is 7.34. The number of likely N-dealkylation sites (tertiary alicyclic amines) is 1. The Morgan fingerprint density at radius 2 is 1.94 bits per heavy atom. The van der Waals surface area contributed by atoms with E-state index in [0.29, 0.717) is 12.4 Å². The molecule has 1 saturated heterocycles. The molecule has 1 amide bonds. The molecule has 1 aromatic carbocycles. The summed E-state index contributed by atoms with van der Waals surface area (Å²) in [6.07, 6.45) is 6.75. The Bertz CT molecular complexity index is 938. The van der Waals surface area contributed by atoms with Crippen molar-refractivity contribution >= 4 is 5.91 Å². The summed E-state index contributed by atoms with van der Waals surface area (Å²) in [6.45, 7) is 4.10. The van der Waals surface area contributed by atoms with Gasteiger partial charge in [-0.25, -0.2) is 4.39 Å². The average Bonchev–Trinajstić information content (AvgIpc) is 3.36. The minimum atomic E-state index is -0.201. The van der Waals surface area contributed by atoms with Crippen molar-refractivity contribution in [1.29, 1.82) is 0 Å². The lowest BCUT2D eigenvalue weighted by Crippen LogP contribution is -2.55. The number of nitrogens with zero attached hydrogens (tertiary/aromatic N) is 5. The molecule has 2 aliphatic heterocycles. The second kappa shape index (κ2) is 8.31. The number of halogens is 1. The predicted octanol–water partition coefficient (Wildman–Crippen LogP) is 2.57. The summed E-state index contributed by atoms with van der Waals surface area (Å²) in [5, 5.41) is 11.8. The van der Waals surface area contributed by atoms with E-state index in [-0.39, 0.29) is 23.3 Å². The Hall–Kier alpha value is -2.32. The molecular formula is C23H31FN6O. The summed E-state index contributed by atoms with van der Waals surface area (Å²) in [6, 6.07) is 7.02. The highest BCUT2D eigenvalue weighted by atomic mass is 19.1. The molecule has 1 aliphatic carbocycles. The van der Waals surface area contributed by atoms with Crippen LogP contribution >= 0.6 is 0 Å². The molecular weight excluding hydrogens is 395 g/mol. The Balaban J connectivity index is 1.29. The van der Waals surface area contributed by atoms with Crippen LogP contribution in [0.15, 0.2) is 24.3 Å². The van der Waals surface area contributed by atoms with E-state index in [1.165, 1.54) is 31.4 Å². The normalized spacial score (nSPS) is 25.1. The molecule has 0 radical (unpaired) electrons. The lowest BCUT2D eigenvalue weighted by atomic mass is 9.94. The van der Waals surface area contributed by atoms with Crippen LogP contribution in [0.3, 0.4) is 0 Å². The molecule has 3 aliphatic rings. The number of carbonyl (C=O) groups is 1. The molecule has 3 heterocycles. The second-order valence-electron chi connectivity index (χ2n) is 9.50. The summed E-state index contributed by atoms with van der Waals surface area (Å²) in [5.41, 5.74) is 1.07. The molecule has 1 N–H and O–H groups in total. The minimum Gasteiger partial charge on any atom is -0.347 e. The zero-order valence-electron chi connectivity index (χ0n) is 18.2. The van der Waals surface area contributed by atoms with Gasteiger partial charge in [0, 0.05) is 32.2 Å². The van der Waals surface area contributed by atoms with E-state index >= 15 is 0 Å². The van der Waals surface area contributed by atoms with Crippen molar-refractivity contribution in [2.75, 3.05) is 20.1 Å². The number of hydrogen-bond donors (Lipinski definition) is 1. The van der Waals surface area contributed by atoms with Crippen molar-refractivity contribution in [3.8, 4) is 0 Å². The lowest BCUT2D eigenvalue weighted by Gasteiger charge is -2.43. The number of hydrogen-bond acceptors (Lipinski definition) is 5. The number of likely N-dealkylation sites (N-methyl/N-ethyl adjacent to an activating group) is 1. The second-order valence-corrected chi connectivity index (χ2v) is 9.50. The first-order valence-electron chi connectivity index (χ1n) is 11.4. The first kappa shape index (κ1) is 20.6. The van der Waals surface area contributed by atoms with Crippen LogP contribution in [-0.4, -0.2) is 62.2 Å². The highest BCUT2D eigenvalue weighted by Crippen LogP contribution is 2.34. The Labute approximate surface area is 182 Å². The quantitative estimate of drug-likeness (QED) is 0.814. The van der Waals surface area contributed by atoms with Gasteiger partial charge in [-0.15, -0.1) is 10.2 Å². The number of amides is 1. The maximum atomic E-state index is 13.2. The van der Waals surface area contributed by atoms with Crippen molar-refractivity contribution in [3.63, 3.8) is 0 Å². The van der Waals surface area contributed by atoms with E-state index in [9.17, 15) is 9.18 Å². The fourth-order valence-corrected chi connectivity index (χ4v) is 5.44. The van der Waals surface area contributed by atoms with E-state index in [4.69, 9.17) is 0 Å². The number of rotatable bonds is 4. The minimum absolute atomic E-state index is 0.0464. The SMILES string of the molecule is CN1Cc2nnc(C(=O)NC3CCCCC3)n2C[C@@]12CCN(Cc1ccc(F)cc1)C2. The van der Waals surface area contributed by atoms with Gasteiger partial charge in [0.2, 0.25) is 5.82 Å². The predicted molar refractivity (Wildman–Crippen MR) is 115 cm³/mol. The molecule has 31 heavy (non-hydrogen) atoms. The van der Waals surface area contributed by atoms with Gasteiger partial charge in [0.15, 0.2) is 0 Å². The Morgan fingerprint density at radius 3 is 2.71 bits per heavy atom. The van der Waals surface area contributed by atoms with E-state index in [1.54, 1.807) is 0 Å². The first-order valence-corrected chi connectivity index (χ1v) is 11.4. The Morgan fingerprint density at radius 1 is 1.16 bits per heavy atom. The van der Waals surface area contributed by atoms with Crippen LogP contribution in [0.5, 0.6) is 0 Å². The van der Waals surface area contributed by atoms with Gasteiger partial charge in [0.05, 0.1) is 12.1 Å². The molecule has 5 rings (SSSR count). The van der Waals surface area contributed by atoms with E-state index in [2.05, 4.69) is 32.4 Å². The lowest BCUT2D eigenvalue weighted by molar-refractivity contribution is 0.0646. The average molecular weight is 427 g/mol. The molecule has 8 heteroatoms. The van der Waals surface area contributed by atoms with Crippen LogP contribution in [0.4, 0.5) is 4.39 Å². The smallest absolute Gasteiger partial charge is 0.289 e. The van der Waals surface area contributed by atoms with Gasteiger partial charge in [-0.1, -0.05) is 31.4 Å². The van der Waals surface area contributed by atoms with Gasteiger partial charge < -0.3 is 9.88 Å². The van der Waals surface area contributed by atoms with Gasteiger partial charge in [-0.2, -0.15) is 0 Å². The fourth-order valence-electron chi connectivity index (χ4n) is 5.44. The largest absolute Gasteiger partial charge is 0.347 e. The molecule has 1 atom stereocenters. The third kappa shape index (κ3) is 4.11. The summed E-state index contributed by atoms with van der Waals surface area (Å²) in [4.78, 5) is 17.8. The Kier molecular flexibility index (Phi) is 5.52. The van der Waals surface area contributed by atoms with E-state index in [0.717, 1.165) is 56.8 Å². The number of carbonyl (C=O) groups excluding carboxylic acids is 1. The van der Waals surface area contributed by atoms with Crippen LogP contribution in [0.2, 0.25) is 0 Å². The fraction of sp³-hybridized carbons (Fsp3) is 0.609. The van der Waals surface area contributed by atoms with Crippen LogP contribution in [0.1, 0.15) is 60.5 Å². The summed E-state index contributed by atoms with van der Waals surface area (Å²) >= 11 is 0.